The number of fused-ring (bicyclic) bond motifs is 1. The second kappa shape index (κ2) is 12.4. The molecule has 1 saturated heterocycles. The molecule has 0 spiro atoms. The standard InChI is InChI=1S/C32H37NO2S/c1-2-22-34-28-17-13-26(14-18-28)32-30(29-9-3-4-10-31(29)36-32)24-25-11-15-27(16-12-25)35-23-8-7-21-33-19-5-6-20-33/h3-4,9-18H,2,5-8,19-24H2,1H3. The second-order valence-corrected chi connectivity index (χ2v) is 10.8. The Bertz CT molecular complexity index is 1220. The molecule has 188 valence electrons. The van der Waals surface area contributed by atoms with Crippen molar-refractivity contribution in [3.05, 3.63) is 83.9 Å². The molecule has 4 heteroatoms. The number of unbranched alkanes of at least 4 members (excludes halogenated alkanes) is 1. The molecule has 1 fully saturated rings. The molecule has 0 saturated carbocycles. The molecule has 1 aromatic heterocycles. The third kappa shape index (κ3) is 6.29. The molecule has 0 amide bonds. The summed E-state index contributed by atoms with van der Waals surface area (Å²) in [6, 6.07) is 26.0. The van der Waals surface area contributed by atoms with E-state index in [0.717, 1.165) is 44.0 Å². The molecule has 0 aliphatic carbocycles. The summed E-state index contributed by atoms with van der Waals surface area (Å²) in [6.07, 6.45) is 6.99. The van der Waals surface area contributed by atoms with Gasteiger partial charge in [-0.1, -0.05) is 37.3 Å². The van der Waals surface area contributed by atoms with Gasteiger partial charge in [-0.15, -0.1) is 11.3 Å². The van der Waals surface area contributed by atoms with Crippen molar-refractivity contribution < 1.29 is 9.47 Å². The molecule has 0 unspecified atom stereocenters. The van der Waals surface area contributed by atoms with Crippen molar-refractivity contribution in [3.8, 4) is 21.9 Å². The molecule has 4 aromatic rings. The lowest BCUT2D eigenvalue weighted by Crippen LogP contribution is -2.20. The fraction of sp³-hybridized carbons (Fsp3) is 0.375. The first-order valence-electron chi connectivity index (χ1n) is 13.5. The van der Waals surface area contributed by atoms with Crippen LogP contribution in [0.2, 0.25) is 0 Å². The minimum atomic E-state index is 0.756. The predicted octanol–water partition coefficient (Wildman–Crippen LogP) is 8.20. The van der Waals surface area contributed by atoms with E-state index in [9.17, 15) is 0 Å². The van der Waals surface area contributed by atoms with Gasteiger partial charge in [0.15, 0.2) is 0 Å². The van der Waals surface area contributed by atoms with E-state index in [1.165, 1.54) is 70.6 Å². The van der Waals surface area contributed by atoms with E-state index in [0.29, 0.717) is 0 Å². The number of benzene rings is 3. The van der Waals surface area contributed by atoms with E-state index in [2.05, 4.69) is 84.6 Å². The first kappa shape index (κ1) is 24.9. The van der Waals surface area contributed by atoms with Crippen LogP contribution >= 0.6 is 11.3 Å². The van der Waals surface area contributed by atoms with Crippen LogP contribution in [0, 0.1) is 0 Å². The van der Waals surface area contributed by atoms with Gasteiger partial charge in [-0.25, -0.2) is 0 Å². The van der Waals surface area contributed by atoms with Crippen molar-refractivity contribution in [2.75, 3.05) is 32.8 Å². The van der Waals surface area contributed by atoms with Crippen LogP contribution in [0.4, 0.5) is 0 Å². The molecule has 36 heavy (non-hydrogen) atoms. The summed E-state index contributed by atoms with van der Waals surface area (Å²) in [4.78, 5) is 3.92. The van der Waals surface area contributed by atoms with Gasteiger partial charge in [0.25, 0.3) is 0 Å². The van der Waals surface area contributed by atoms with Crippen molar-refractivity contribution in [2.45, 2.75) is 45.4 Å². The fourth-order valence-corrected chi connectivity index (χ4v) is 6.20. The van der Waals surface area contributed by atoms with Crippen molar-refractivity contribution in [2.24, 2.45) is 0 Å². The summed E-state index contributed by atoms with van der Waals surface area (Å²) in [5.74, 6) is 1.91. The molecule has 1 aliphatic rings. The monoisotopic (exact) mass is 499 g/mol. The van der Waals surface area contributed by atoms with Gasteiger partial charge in [-0.05, 0) is 123 Å². The number of nitrogens with zero attached hydrogens (tertiary/aromatic N) is 1. The van der Waals surface area contributed by atoms with E-state index in [1.807, 2.05) is 11.3 Å². The van der Waals surface area contributed by atoms with Gasteiger partial charge in [-0.2, -0.15) is 0 Å². The third-order valence-corrected chi connectivity index (χ3v) is 8.19. The second-order valence-electron chi connectivity index (χ2n) is 9.70. The smallest absolute Gasteiger partial charge is 0.119 e. The quantitative estimate of drug-likeness (QED) is 0.183. The molecule has 3 aromatic carbocycles. The van der Waals surface area contributed by atoms with Crippen molar-refractivity contribution in [1.29, 1.82) is 0 Å². The number of ether oxygens (including phenoxy) is 2. The van der Waals surface area contributed by atoms with Crippen molar-refractivity contribution in [1.82, 2.24) is 4.90 Å². The summed E-state index contributed by atoms with van der Waals surface area (Å²) in [7, 11) is 0. The maximum Gasteiger partial charge on any atom is 0.119 e. The predicted molar refractivity (Wildman–Crippen MR) is 153 cm³/mol. The van der Waals surface area contributed by atoms with Crippen molar-refractivity contribution >= 4 is 21.4 Å². The lowest BCUT2D eigenvalue weighted by Gasteiger charge is -2.14. The third-order valence-electron chi connectivity index (χ3n) is 6.93. The summed E-state index contributed by atoms with van der Waals surface area (Å²) in [5, 5.41) is 1.35. The Morgan fingerprint density at radius 1 is 0.778 bits per heavy atom. The van der Waals surface area contributed by atoms with Crippen molar-refractivity contribution in [3.63, 3.8) is 0 Å². The van der Waals surface area contributed by atoms with Crippen LogP contribution in [0.3, 0.4) is 0 Å². The largest absolute Gasteiger partial charge is 0.494 e. The van der Waals surface area contributed by atoms with Gasteiger partial charge in [0.2, 0.25) is 0 Å². The summed E-state index contributed by atoms with van der Waals surface area (Å²) in [5.41, 5.74) is 3.96. The number of hydrogen-bond donors (Lipinski definition) is 0. The molecule has 0 N–H and O–H groups in total. The Morgan fingerprint density at radius 3 is 2.22 bits per heavy atom. The topological polar surface area (TPSA) is 21.7 Å². The summed E-state index contributed by atoms with van der Waals surface area (Å²) in [6.45, 7) is 7.46. The SMILES string of the molecule is CCCOc1ccc(-c2sc3ccccc3c2Cc2ccc(OCCCCN3CCCC3)cc2)cc1. The fourth-order valence-electron chi connectivity index (χ4n) is 4.97. The molecule has 1 aliphatic heterocycles. The normalized spacial score (nSPS) is 13.9. The highest BCUT2D eigenvalue weighted by Gasteiger charge is 2.15. The highest BCUT2D eigenvalue weighted by molar-refractivity contribution is 7.22. The van der Waals surface area contributed by atoms with E-state index in [-0.39, 0.29) is 0 Å². The van der Waals surface area contributed by atoms with Gasteiger partial charge in [0, 0.05) is 9.58 Å². The molecule has 3 nitrogen and oxygen atoms in total. The average molecular weight is 500 g/mol. The lowest BCUT2D eigenvalue weighted by molar-refractivity contribution is 0.279. The average Bonchev–Trinajstić information content (AvgIpc) is 3.57. The number of rotatable bonds is 12. The summed E-state index contributed by atoms with van der Waals surface area (Å²) < 4.78 is 13.2. The van der Waals surface area contributed by atoms with E-state index in [1.54, 1.807) is 0 Å². The number of thiophene rings is 1. The Morgan fingerprint density at radius 2 is 1.47 bits per heavy atom. The van der Waals surface area contributed by atoms with E-state index in [4.69, 9.17) is 9.47 Å². The first-order valence-corrected chi connectivity index (χ1v) is 14.3. The molecular weight excluding hydrogens is 462 g/mol. The lowest BCUT2D eigenvalue weighted by atomic mass is 9.99. The highest BCUT2D eigenvalue weighted by Crippen LogP contribution is 2.40. The Balaban J connectivity index is 1.24. The highest BCUT2D eigenvalue weighted by atomic mass is 32.1. The summed E-state index contributed by atoms with van der Waals surface area (Å²) >= 11 is 1.88. The van der Waals surface area contributed by atoms with Crippen LogP contribution in [0.15, 0.2) is 72.8 Å². The van der Waals surface area contributed by atoms with Crippen LogP contribution in [0.1, 0.15) is 50.2 Å². The Hall–Kier alpha value is -2.82. The van der Waals surface area contributed by atoms with Crippen LogP contribution in [0.25, 0.3) is 20.5 Å². The molecular formula is C32H37NO2S. The zero-order valence-electron chi connectivity index (χ0n) is 21.4. The van der Waals surface area contributed by atoms with Gasteiger partial charge in [-0.3, -0.25) is 0 Å². The molecule has 0 atom stereocenters. The first-order chi connectivity index (χ1) is 17.8. The van der Waals surface area contributed by atoms with Crippen LogP contribution in [-0.2, 0) is 6.42 Å². The maximum atomic E-state index is 6.04. The number of hydrogen-bond acceptors (Lipinski definition) is 4. The Kier molecular flexibility index (Phi) is 8.58. The zero-order chi connectivity index (χ0) is 24.6. The minimum absolute atomic E-state index is 0.756. The van der Waals surface area contributed by atoms with Gasteiger partial charge >= 0.3 is 0 Å². The van der Waals surface area contributed by atoms with Gasteiger partial charge in [0.05, 0.1) is 13.2 Å². The Labute approximate surface area is 219 Å². The maximum absolute atomic E-state index is 6.04. The molecule has 5 rings (SSSR count). The van der Waals surface area contributed by atoms with Crippen LogP contribution in [-0.4, -0.2) is 37.7 Å². The number of likely N-dealkylation sites (tertiary alicyclic amines) is 1. The van der Waals surface area contributed by atoms with E-state index >= 15 is 0 Å². The van der Waals surface area contributed by atoms with Gasteiger partial charge < -0.3 is 14.4 Å². The van der Waals surface area contributed by atoms with E-state index < -0.39 is 0 Å². The van der Waals surface area contributed by atoms with Gasteiger partial charge in [0.1, 0.15) is 11.5 Å². The zero-order valence-corrected chi connectivity index (χ0v) is 22.2. The van der Waals surface area contributed by atoms with Crippen LogP contribution < -0.4 is 9.47 Å². The molecule has 0 radical (unpaired) electrons. The molecule has 2 heterocycles. The molecule has 0 bridgehead atoms. The van der Waals surface area contributed by atoms with Crippen LogP contribution in [0.5, 0.6) is 11.5 Å². The minimum Gasteiger partial charge on any atom is -0.494 e.